The Kier molecular flexibility index (Phi) is 10.2. The summed E-state index contributed by atoms with van der Waals surface area (Å²) in [5.74, 6) is -1.03. The van der Waals surface area contributed by atoms with Crippen LogP contribution < -0.4 is 11.1 Å². The lowest BCUT2D eigenvalue weighted by molar-refractivity contribution is -0.119. The summed E-state index contributed by atoms with van der Waals surface area (Å²) < 4.78 is 5.39. The van der Waals surface area contributed by atoms with Crippen LogP contribution in [0.2, 0.25) is 0 Å². The van der Waals surface area contributed by atoms with E-state index in [1.165, 1.54) is 25.0 Å². The van der Waals surface area contributed by atoms with Gasteiger partial charge in [0, 0.05) is 28.8 Å². The molecule has 0 atom stereocenters. The highest BCUT2D eigenvalue weighted by Gasteiger charge is 2.30. The zero-order valence-electron chi connectivity index (χ0n) is 20.1. The highest BCUT2D eigenvalue weighted by Crippen LogP contribution is 2.28. The summed E-state index contributed by atoms with van der Waals surface area (Å²) in [7, 11) is 0. The van der Waals surface area contributed by atoms with Gasteiger partial charge in [0.1, 0.15) is 0 Å². The van der Waals surface area contributed by atoms with Crippen LogP contribution in [0, 0.1) is 0 Å². The molecule has 1 amide bonds. The molecule has 7 heteroatoms. The number of amides is 1. The molecule has 35 heavy (non-hydrogen) atoms. The van der Waals surface area contributed by atoms with Crippen molar-refractivity contribution in [3.8, 4) is 0 Å². The Morgan fingerprint density at radius 2 is 1.26 bits per heavy atom. The van der Waals surface area contributed by atoms with E-state index in [1.807, 2.05) is 0 Å². The van der Waals surface area contributed by atoms with Gasteiger partial charge in [-0.15, -0.1) is 0 Å². The molecule has 0 saturated carbocycles. The monoisotopic (exact) mass is 478 g/mol. The van der Waals surface area contributed by atoms with Crippen LogP contribution in [0.3, 0.4) is 0 Å². The lowest BCUT2D eigenvalue weighted by Gasteiger charge is -2.17. The maximum Gasteiger partial charge on any atom is 0.338 e. The Bertz CT molecular complexity index is 1060. The second kappa shape index (κ2) is 13.5. The van der Waals surface area contributed by atoms with Crippen molar-refractivity contribution >= 4 is 23.4 Å². The smallest absolute Gasteiger partial charge is 0.338 e. The maximum absolute atomic E-state index is 12.8. The first-order valence-corrected chi connectivity index (χ1v) is 12.5. The number of nitrogens with two attached hydrogens (primary N) is 1. The van der Waals surface area contributed by atoms with Gasteiger partial charge in [0.05, 0.1) is 18.7 Å². The van der Waals surface area contributed by atoms with Crippen molar-refractivity contribution in [3.05, 3.63) is 70.3 Å². The molecule has 3 rings (SSSR count). The molecule has 7 nitrogen and oxygen atoms in total. The van der Waals surface area contributed by atoms with E-state index >= 15 is 0 Å². The van der Waals surface area contributed by atoms with Crippen molar-refractivity contribution in [1.82, 2.24) is 5.32 Å². The van der Waals surface area contributed by atoms with Crippen LogP contribution in [-0.2, 0) is 9.53 Å². The van der Waals surface area contributed by atoms with E-state index in [0.29, 0.717) is 29.8 Å². The van der Waals surface area contributed by atoms with Crippen LogP contribution >= 0.6 is 0 Å². The fraction of sp³-hybridized carbons (Fsp3) is 0.429. The number of unbranched alkanes of at least 4 members (excludes halogenated alkanes) is 8. The predicted molar refractivity (Wildman–Crippen MR) is 134 cm³/mol. The third kappa shape index (κ3) is 7.33. The lowest BCUT2D eigenvalue weighted by Crippen LogP contribution is -2.30. The Labute approximate surface area is 206 Å². The molecule has 0 spiro atoms. The number of carbonyl (C=O) groups is 4. The topological polar surface area (TPSA) is 116 Å². The lowest BCUT2D eigenvalue weighted by atomic mass is 9.83. The maximum atomic E-state index is 12.8. The molecule has 0 heterocycles. The largest absolute Gasteiger partial charge is 0.462 e. The first-order valence-electron chi connectivity index (χ1n) is 12.5. The van der Waals surface area contributed by atoms with Crippen LogP contribution in [0.25, 0.3) is 0 Å². The SMILES string of the molecule is NCC(=O)NCCCCCCCCCCCOC(=O)c1ccc2c(c1)C(=O)c1ccccc1C2=O. The van der Waals surface area contributed by atoms with Gasteiger partial charge in [0.15, 0.2) is 11.6 Å². The molecular formula is C28H34N2O5. The van der Waals surface area contributed by atoms with Crippen molar-refractivity contribution in [2.24, 2.45) is 5.73 Å². The van der Waals surface area contributed by atoms with Crippen LogP contribution in [0.5, 0.6) is 0 Å². The number of esters is 1. The number of hydrogen-bond acceptors (Lipinski definition) is 6. The summed E-state index contributed by atoms with van der Waals surface area (Å²) in [5, 5.41) is 2.77. The Balaban J connectivity index is 1.30. The summed E-state index contributed by atoms with van der Waals surface area (Å²) >= 11 is 0. The van der Waals surface area contributed by atoms with E-state index in [1.54, 1.807) is 30.3 Å². The van der Waals surface area contributed by atoms with E-state index in [2.05, 4.69) is 5.32 Å². The Morgan fingerprint density at radius 3 is 1.89 bits per heavy atom. The third-order valence-electron chi connectivity index (χ3n) is 6.22. The standard InChI is InChI=1S/C28H34N2O5/c29-19-25(31)30-16-10-6-4-2-1-3-5-7-11-17-35-28(34)20-14-15-23-24(18-20)27(33)22-13-9-8-12-21(22)26(23)32/h8-9,12-15,18H,1-7,10-11,16-17,19,29H2,(H,30,31). The molecule has 0 saturated heterocycles. The molecule has 1 aliphatic rings. The summed E-state index contributed by atoms with van der Waals surface area (Å²) in [6.45, 7) is 1.08. The molecule has 1 aliphatic carbocycles. The first-order chi connectivity index (χ1) is 17.0. The van der Waals surface area contributed by atoms with Gasteiger partial charge in [-0.25, -0.2) is 4.79 Å². The number of carbonyl (C=O) groups excluding carboxylic acids is 4. The molecule has 2 aromatic rings. The second-order valence-electron chi connectivity index (χ2n) is 8.84. The summed E-state index contributed by atoms with van der Waals surface area (Å²) in [6.07, 6.45) is 9.66. The molecule has 0 aromatic heterocycles. The van der Waals surface area contributed by atoms with Gasteiger partial charge in [-0.05, 0) is 31.0 Å². The number of rotatable bonds is 14. The molecule has 3 N–H and O–H groups in total. The average Bonchev–Trinajstić information content (AvgIpc) is 2.89. The number of benzene rings is 2. The number of ketones is 2. The minimum Gasteiger partial charge on any atom is -0.462 e. The van der Waals surface area contributed by atoms with Gasteiger partial charge in [-0.3, -0.25) is 14.4 Å². The highest BCUT2D eigenvalue weighted by atomic mass is 16.5. The van der Waals surface area contributed by atoms with E-state index < -0.39 is 5.97 Å². The van der Waals surface area contributed by atoms with Crippen molar-refractivity contribution < 1.29 is 23.9 Å². The number of fused-ring (bicyclic) bond motifs is 2. The van der Waals surface area contributed by atoms with Crippen molar-refractivity contribution in [2.45, 2.75) is 57.8 Å². The molecule has 186 valence electrons. The van der Waals surface area contributed by atoms with Gasteiger partial charge >= 0.3 is 5.97 Å². The summed E-state index contributed by atoms with van der Waals surface area (Å²) in [5.41, 5.74) is 6.86. The van der Waals surface area contributed by atoms with Crippen LogP contribution in [0.4, 0.5) is 0 Å². The number of nitrogens with one attached hydrogen (secondary N) is 1. The molecule has 0 fully saturated rings. The Morgan fingerprint density at radius 1 is 0.714 bits per heavy atom. The molecule has 0 radical (unpaired) electrons. The minimum absolute atomic E-state index is 0.0475. The minimum atomic E-state index is -0.477. The van der Waals surface area contributed by atoms with Gasteiger partial charge in [-0.2, -0.15) is 0 Å². The quantitative estimate of drug-likeness (QED) is 0.265. The van der Waals surface area contributed by atoms with E-state index in [9.17, 15) is 19.2 Å². The number of hydrogen-bond donors (Lipinski definition) is 2. The summed E-state index contributed by atoms with van der Waals surface area (Å²) in [6, 6.07) is 11.3. The van der Waals surface area contributed by atoms with Gasteiger partial charge in [0.2, 0.25) is 5.91 Å². The molecule has 2 aromatic carbocycles. The Hall–Kier alpha value is -3.32. The van der Waals surface area contributed by atoms with E-state index in [-0.39, 0.29) is 35.1 Å². The van der Waals surface area contributed by atoms with Gasteiger partial charge in [-0.1, -0.05) is 69.2 Å². The highest BCUT2D eigenvalue weighted by molar-refractivity contribution is 6.28. The van der Waals surface area contributed by atoms with Gasteiger partial charge in [0.25, 0.3) is 0 Å². The van der Waals surface area contributed by atoms with Crippen LogP contribution in [0.15, 0.2) is 42.5 Å². The molecule has 0 bridgehead atoms. The molecule has 0 unspecified atom stereocenters. The normalized spacial score (nSPS) is 12.1. The fourth-order valence-electron chi connectivity index (χ4n) is 4.24. The van der Waals surface area contributed by atoms with Gasteiger partial charge < -0.3 is 15.8 Å². The fourth-order valence-corrected chi connectivity index (χ4v) is 4.24. The summed E-state index contributed by atoms with van der Waals surface area (Å²) in [4.78, 5) is 49.0. The molecule has 0 aliphatic heterocycles. The van der Waals surface area contributed by atoms with Crippen molar-refractivity contribution in [1.29, 1.82) is 0 Å². The third-order valence-corrected chi connectivity index (χ3v) is 6.22. The average molecular weight is 479 g/mol. The van der Waals surface area contributed by atoms with E-state index in [4.69, 9.17) is 10.5 Å². The van der Waals surface area contributed by atoms with Crippen molar-refractivity contribution in [2.75, 3.05) is 19.7 Å². The second-order valence-corrected chi connectivity index (χ2v) is 8.84. The first kappa shape index (κ1) is 26.3. The zero-order chi connectivity index (χ0) is 25.0. The van der Waals surface area contributed by atoms with Crippen LogP contribution in [0.1, 0.15) is 100.0 Å². The van der Waals surface area contributed by atoms with Crippen LogP contribution in [-0.4, -0.2) is 43.1 Å². The predicted octanol–water partition coefficient (Wildman–Crippen LogP) is 4.20. The zero-order valence-corrected chi connectivity index (χ0v) is 20.1. The van der Waals surface area contributed by atoms with E-state index in [0.717, 1.165) is 44.9 Å². The number of ether oxygens (including phenoxy) is 1. The van der Waals surface area contributed by atoms with Crippen molar-refractivity contribution in [3.63, 3.8) is 0 Å². The molecular weight excluding hydrogens is 444 g/mol.